The number of carbonyl (C=O) groups is 1. The molecule has 0 bridgehead atoms. The number of aromatic nitrogens is 1. The molecule has 3 rings (SSSR count). The molecule has 18 heavy (non-hydrogen) atoms. The molecule has 1 aromatic heterocycles. The minimum atomic E-state index is -1.00. The Kier molecular flexibility index (Phi) is 2.68. The third-order valence-electron chi connectivity index (χ3n) is 3.18. The Bertz CT molecular complexity index is 610. The summed E-state index contributed by atoms with van der Waals surface area (Å²) in [6.07, 6.45) is 0.452. The number of fused-ring (bicyclic) bond motifs is 1. The zero-order chi connectivity index (χ0) is 12.7. The molecule has 5 nitrogen and oxygen atoms in total. The standard InChI is InChI=1S/C12H12N2O3S/c15-7-4-5-14(6-7)9-3-1-2-8-10(12(16)17)13-18-11(8)9/h1-3,7,15H,4-6H2,(H,16,17)/t7-/m0/s1. The monoisotopic (exact) mass is 264 g/mol. The molecule has 1 aliphatic rings. The second-order valence-corrected chi connectivity index (χ2v) is 5.15. The van der Waals surface area contributed by atoms with Gasteiger partial charge in [0.15, 0.2) is 5.69 Å². The summed E-state index contributed by atoms with van der Waals surface area (Å²) in [6.45, 7) is 1.39. The van der Waals surface area contributed by atoms with E-state index in [0.29, 0.717) is 11.9 Å². The van der Waals surface area contributed by atoms with E-state index in [0.717, 1.165) is 23.4 Å². The van der Waals surface area contributed by atoms with Gasteiger partial charge in [0.05, 0.1) is 16.5 Å². The predicted molar refractivity (Wildman–Crippen MR) is 69.4 cm³/mol. The fraction of sp³-hybridized carbons (Fsp3) is 0.333. The third-order valence-corrected chi connectivity index (χ3v) is 4.07. The van der Waals surface area contributed by atoms with Crippen molar-refractivity contribution in [1.29, 1.82) is 0 Å². The lowest BCUT2D eigenvalue weighted by atomic mass is 10.2. The maximum Gasteiger partial charge on any atom is 0.356 e. The van der Waals surface area contributed by atoms with Crippen molar-refractivity contribution in [3.8, 4) is 0 Å². The van der Waals surface area contributed by atoms with Crippen molar-refractivity contribution >= 4 is 33.3 Å². The van der Waals surface area contributed by atoms with Crippen LogP contribution in [0.25, 0.3) is 10.1 Å². The van der Waals surface area contributed by atoms with Gasteiger partial charge in [0.1, 0.15) is 0 Å². The predicted octanol–water partition coefficient (Wildman–Crippen LogP) is 1.57. The van der Waals surface area contributed by atoms with Crippen LogP contribution in [0.3, 0.4) is 0 Å². The van der Waals surface area contributed by atoms with Crippen LogP contribution >= 0.6 is 11.5 Å². The second-order valence-electron chi connectivity index (χ2n) is 4.38. The van der Waals surface area contributed by atoms with Gasteiger partial charge in [-0.1, -0.05) is 12.1 Å². The minimum Gasteiger partial charge on any atom is -0.476 e. The minimum absolute atomic E-state index is 0.108. The van der Waals surface area contributed by atoms with E-state index in [2.05, 4.69) is 9.27 Å². The summed E-state index contributed by atoms with van der Waals surface area (Å²) in [5.74, 6) is -1.00. The van der Waals surface area contributed by atoms with E-state index in [4.69, 9.17) is 5.11 Å². The van der Waals surface area contributed by atoms with Gasteiger partial charge < -0.3 is 15.1 Å². The van der Waals surface area contributed by atoms with Gasteiger partial charge in [-0.3, -0.25) is 0 Å². The van der Waals surface area contributed by atoms with Crippen LogP contribution in [0.4, 0.5) is 5.69 Å². The van der Waals surface area contributed by atoms with Gasteiger partial charge in [-0.15, -0.1) is 0 Å². The fourth-order valence-electron chi connectivity index (χ4n) is 2.31. The topological polar surface area (TPSA) is 73.7 Å². The van der Waals surface area contributed by atoms with Crippen molar-refractivity contribution in [2.24, 2.45) is 0 Å². The van der Waals surface area contributed by atoms with E-state index in [9.17, 15) is 9.90 Å². The number of aliphatic hydroxyl groups excluding tert-OH is 1. The van der Waals surface area contributed by atoms with E-state index in [1.54, 1.807) is 6.07 Å². The van der Waals surface area contributed by atoms with E-state index >= 15 is 0 Å². The molecule has 0 aliphatic carbocycles. The number of anilines is 1. The SMILES string of the molecule is O=C(O)c1nsc2c(N3CC[C@H](O)C3)cccc12. The number of benzene rings is 1. The molecule has 2 aromatic rings. The number of hydrogen-bond donors (Lipinski definition) is 2. The van der Waals surface area contributed by atoms with Gasteiger partial charge >= 0.3 is 5.97 Å². The van der Waals surface area contributed by atoms with E-state index in [1.807, 2.05) is 12.1 Å². The molecule has 1 aliphatic heterocycles. The molecule has 1 atom stereocenters. The number of hydrogen-bond acceptors (Lipinski definition) is 5. The number of carboxylic acid groups (broad SMARTS) is 1. The van der Waals surface area contributed by atoms with E-state index < -0.39 is 5.97 Å². The lowest BCUT2D eigenvalue weighted by Crippen LogP contribution is -2.21. The number of rotatable bonds is 2. The van der Waals surface area contributed by atoms with Crippen LogP contribution in [0.15, 0.2) is 18.2 Å². The summed E-state index contributed by atoms with van der Waals surface area (Å²) in [4.78, 5) is 13.1. The van der Waals surface area contributed by atoms with Gasteiger partial charge in [-0.25, -0.2) is 4.79 Å². The molecule has 0 amide bonds. The summed E-state index contributed by atoms with van der Waals surface area (Å²) in [5.41, 5.74) is 1.07. The third kappa shape index (κ3) is 1.74. The molecule has 0 unspecified atom stereocenters. The van der Waals surface area contributed by atoms with Crippen molar-refractivity contribution in [1.82, 2.24) is 4.37 Å². The van der Waals surface area contributed by atoms with Gasteiger partial charge in [-0.2, -0.15) is 4.37 Å². The fourth-order valence-corrected chi connectivity index (χ4v) is 3.22. The van der Waals surface area contributed by atoms with Crippen molar-refractivity contribution < 1.29 is 15.0 Å². The maximum atomic E-state index is 11.1. The first-order valence-corrected chi connectivity index (χ1v) is 6.49. The normalized spacial score (nSPS) is 19.6. The highest BCUT2D eigenvalue weighted by atomic mass is 32.1. The van der Waals surface area contributed by atoms with Crippen LogP contribution in [-0.2, 0) is 0 Å². The number of nitrogens with zero attached hydrogens (tertiary/aromatic N) is 2. The first-order chi connectivity index (χ1) is 8.66. The van der Waals surface area contributed by atoms with Crippen LogP contribution in [0.2, 0.25) is 0 Å². The molecular formula is C12H12N2O3S. The Morgan fingerprint density at radius 2 is 2.33 bits per heavy atom. The second kappa shape index (κ2) is 4.22. The van der Waals surface area contributed by atoms with Gasteiger partial charge in [0.25, 0.3) is 0 Å². The summed E-state index contributed by atoms with van der Waals surface area (Å²) in [6, 6.07) is 5.56. The van der Waals surface area contributed by atoms with E-state index in [-0.39, 0.29) is 11.8 Å². The van der Waals surface area contributed by atoms with Crippen LogP contribution in [-0.4, -0.2) is 39.7 Å². The summed E-state index contributed by atoms with van der Waals surface area (Å²) in [5, 5.41) is 19.3. The highest BCUT2D eigenvalue weighted by Gasteiger charge is 2.23. The van der Waals surface area contributed by atoms with Crippen molar-refractivity contribution in [3.63, 3.8) is 0 Å². The molecule has 94 valence electrons. The molecule has 0 spiro atoms. The molecule has 1 fully saturated rings. The average Bonchev–Trinajstić information content (AvgIpc) is 2.94. The zero-order valence-electron chi connectivity index (χ0n) is 9.54. The zero-order valence-corrected chi connectivity index (χ0v) is 10.4. The van der Waals surface area contributed by atoms with Crippen LogP contribution in [0.5, 0.6) is 0 Å². The summed E-state index contributed by atoms with van der Waals surface area (Å²) >= 11 is 1.20. The summed E-state index contributed by atoms with van der Waals surface area (Å²) in [7, 11) is 0. The quantitative estimate of drug-likeness (QED) is 0.861. The van der Waals surface area contributed by atoms with E-state index in [1.165, 1.54) is 11.5 Å². The van der Waals surface area contributed by atoms with Crippen molar-refractivity contribution in [2.45, 2.75) is 12.5 Å². The maximum absolute atomic E-state index is 11.1. The van der Waals surface area contributed by atoms with Crippen molar-refractivity contribution in [2.75, 3.05) is 18.0 Å². The first kappa shape index (κ1) is 11.4. The lowest BCUT2D eigenvalue weighted by Gasteiger charge is -2.18. The van der Waals surface area contributed by atoms with Crippen LogP contribution in [0.1, 0.15) is 16.9 Å². The average molecular weight is 264 g/mol. The number of aromatic carboxylic acids is 1. The molecule has 1 saturated heterocycles. The molecular weight excluding hydrogens is 252 g/mol. The van der Waals surface area contributed by atoms with Gasteiger partial charge in [0.2, 0.25) is 0 Å². The Labute approximate surface area is 107 Å². The van der Waals surface area contributed by atoms with Crippen LogP contribution < -0.4 is 4.90 Å². The molecule has 0 radical (unpaired) electrons. The first-order valence-electron chi connectivity index (χ1n) is 5.71. The highest BCUT2D eigenvalue weighted by Crippen LogP contribution is 2.34. The Balaban J connectivity index is 2.10. The largest absolute Gasteiger partial charge is 0.476 e. The molecule has 6 heteroatoms. The van der Waals surface area contributed by atoms with Gasteiger partial charge in [0, 0.05) is 18.5 Å². The Morgan fingerprint density at radius 1 is 1.50 bits per heavy atom. The number of carboxylic acids is 1. The van der Waals surface area contributed by atoms with Crippen LogP contribution in [0, 0.1) is 0 Å². The molecule has 0 saturated carbocycles. The Hall–Kier alpha value is -1.66. The molecule has 1 aromatic carbocycles. The van der Waals surface area contributed by atoms with Crippen molar-refractivity contribution in [3.05, 3.63) is 23.9 Å². The molecule has 2 heterocycles. The Morgan fingerprint density at radius 3 is 3.00 bits per heavy atom. The number of aliphatic hydroxyl groups is 1. The molecule has 2 N–H and O–H groups in total. The number of β-amino-alcohol motifs (C(OH)–C–C–N with tert-alkyl or cyclic N) is 1. The highest BCUT2D eigenvalue weighted by molar-refractivity contribution is 7.14. The summed E-state index contributed by atoms with van der Waals surface area (Å²) < 4.78 is 4.88. The van der Waals surface area contributed by atoms with Gasteiger partial charge in [-0.05, 0) is 24.0 Å². The lowest BCUT2D eigenvalue weighted by molar-refractivity contribution is 0.0694. The smallest absolute Gasteiger partial charge is 0.356 e.